The van der Waals surface area contributed by atoms with Gasteiger partial charge in [-0.15, -0.1) is 0 Å². The van der Waals surface area contributed by atoms with Crippen molar-refractivity contribution in [2.75, 3.05) is 13.7 Å². The van der Waals surface area contributed by atoms with E-state index >= 15 is 0 Å². The van der Waals surface area contributed by atoms with Gasteiger partial charge in [0.25, 0.3) is 5.91 Å². The highest BCUT2D eigenvalue weighted by Crippen LogP contribution is 2.17. The van der Waals surface area contributed by atoms with Gasteiger partial charge in [-0.25, -0.2) is 4.79 Å². The smallest absolute Gasteiger partial charge is 0.337 e. The lowest BCUT2D eigenvalue weighted by Crippen LogP contribution is -2.27. The van der Waals surface area contributed by atoms with Crippen LogP contribution in [0, 0.1) is 0 Å². The fourth-order valence-corrected chi connectivity index (χ4v) is 1.64. The molecule has 1 amide bonds. The lowest BCUT2D eigenvalue weighted by atomic mass is 10.2. The number of carbonyl (C=O) groups excluding carboxylic acids is 2. The molecule has 1 unspecified atom stereocenters. The number of ether oxygens (including phenoxy) is 2. The molecule has 1 saturated heterocycles. The van der Waals surface area contributed by atoms with E-state index in [0.29, 0.717) is 24.3 Å². The molecular weight excluding hydrogens is 222 g/mol. The molecule has 0 bridgehead atoms. The zero-order valence-electron chi connectivity index (χ0n) is 9.43. The van der Waals surface area contributed by atoms with Gasteiger partial charge in [0, 0.05) is 13.0 Å². The Kier molecular flexibility index (Phi) is 3.27. The summed E-state index contributed by atoms with van der Waals surface area (Å²) in [7, 11) is 1.33. The average molecular weight is 235 g/mol. The monoisotopic (exact) mass is 235 g/mol. The average Bonchev–Trinajstić information content (AvgIpc) is 2.75. The maximum atomic E-state index is 11.3. The molecule has 0 spiro atoms. The molecule has 0 saturated carbocycles. The molecule has 0 aromatic heterocycles. The van der Waals surface area contributed by atoms with Crippen molar-refractivity contribution in [3.8, 4) is 5.75 Å². The molecule has 1 atom stereocenters. The van der Waals surface area contributed by atoms with Gasteiger partial charge in [-0.2, -0.15) is 0 Å². The maximum absolute atomic E-state index is 11.3. The fourth-order valence-electron chi connectivity index (χ4n) is 1.64. The van der Waals surface area contributed by atoms with Crippen molar-refractivity contribution < 1.29 is 19.1 Å². The standard InChI is InChI=1S/C12H13NO4/c1-16-12(15)8-2-4-9(5-3-8)17-10-6-7-13-11(10)14/h2-5,10H,6-7H2,1H3,(H,13,14). The van der Waals surface area contributed by atoms with Gasteiger partial charge in [-0.05, 0) is 24.3 Å². The quantitative estimate of drug-likeness (QED) is 0.785. The molecule has 1 aromatic rings. The first-order valence-electron chi connectivity index (χ1n) is 5.33. The number of nitrogens with one attached hydrogen (secondary N) is 1. The Morgan fingerprint density at radius 3 is 2.59 bits per heavy atom. The first-order chi connectivity index (χ1) is 8.20. The van der Waals surface area contributed by atoms with E-state index in [0.717, 1.165) is 0 Å². The zero-order valence-corrected chi connectivity index (χ0v) is 9.43. The molecule has 1 N–H and O–H groups in total. The summed E-state index contributed by atoms with van der Waals surface area (Å²) in [6, 6.07) is 6.51. The number of carbonyl (C=O) groups is 2. The van der Waals surface area contributed by atoms with Crippen LogP contribution < -0.4 is 10.1 Å². The predicted molar refractivity (Wildman–Crippen MR) is 59.8 cm³/mol. The van der Waals surface area contributed by atoms with E-state index in [-0.39, 0.29) is 5.91 Å². The van der Waals surface area contributed by atoms with E-state index in [9.17, 15) is 9.59 Å². The molecule has 2 rings (SSSR count). The van der Waals surface area contributed by atoms with Gasteiger partial charge in [-0.1, -0.05) is 0 Å². The Hall–Kier alpha value is -2.04. The van der Waals surface area contributed by atoms with E-state index in [2.05, 4.69) is 10.1 Å². The van der Waals surface area contributed by atoms with Crippen molar-refractivity contribution >= 4 is 11.9 Å². The van der Waals surface area contributed by atoms with Gasteiger partial charge >= 0.3 is 5.97 Å². The van der Waals surface area contributed by atoms with Crippen LogP contribution in [-0.2, 0) is 9.53 Å². The van der Waals surface area contributed by atoms with Gasteiger partial charge in [0.2, 0.25) is 0 Å². The van der Waals surface area contributed by atoms with Crippen LogP contribution >= 0.6 is 0 Å². The topological polar surface area (TPSA) is 64.6 Å². The van der Waals surface area contributed by atoms with Crippen LogP contribution in [-0.4, -0.2) is 31.6 Å². The van der Waals surface area contributed by atoms with Crippen molar-refractivity contribution in [2.45, 2.75) is 12.5 Å². The maximum Gasteiger partial charge on any atom is 0.337 e. The molecular formula is C12H13NO4. The van der Waals surface area contributed by atoms with E-state index in [1.165, 1.54) is 7.11 Å². The summed E-state index contributed by atoms with van der Waals surface area (Å²) in [5, 5.41) is 2.69. The Bertz CT molecular complexity index is 427. The third-order valence-corrected chi connectivity index (χ3v) is 2.55. The van der Waals surface area contributed by atoms with E-state index < -0.39 is 12.1 Å². The highest BCUT2D eigenvalue weighted by Gasteiger charge is 2.25. The Balaban J connectivity index is 2.03. The Morgan fingerprint density at radius 1 is 1.35 bits per heavy atom. The zero-order chi connectivity index (χ0) is 12.3. The summed E-state index contributed by atoms with van der Waals surface area (Å²) in [4.78, 5) is 22.5. The Labute approximate surface area is 98.7 Å². The van der Waals surface area contributed by atoms with Gasteiger partial charge in [0.05, 0.1) is 12.7 Å². The molecule has 0 radical (unpaired) electrons. The van der Waals surface area contributed by atoms with Crippen LogP contribution in [0.2, 0.25) is 0 Å². The number of rotatable bonds is 3. The number of benzene rings is 1. The summed E-state index contributed by atoms with van der Waals surface area (Å²) in [6.45, 7) is 0.643. The molecule has 0 aliphatic carbocycles. The molecule has 17 heavy (non-hydrogen) atoms. The summed E-state index contributed by atoms with van der Waals surface area (Å²) in [5.74, 6) is 0.0805. The highest BCUT2D eigenvalue weighted by molar-refractivity contribution is 5.89. The van der Waals surface area contributed by atoms with Crippen molar-refractivity contribution in [3.05, 3.63) is 29.8 Å². The number of esters is 1. The lowest BCUT2D eigenvalue weighted by molar-refractivity contribution is -0.124. The minimum absolute atomic E-state index is 0.0953. The number of hydrogen-bond acceptors (Lipinski definition) is 4. The second-order valence-electron chi connectivity index (χ2n) is 3.70. The highest BCUT2D eigenvalue weighted by atomic mass is 16.5. The lowest BCUT2D eigenvalue weighted by Gasteiger charge is -2.10. The number of amides is 1. The van der Waals surface area contributed by atoms with Crippen molar-refractivity contribution in [1.29, 1.82) is 0 Å². The molecule has 1 aromatic carbocycles. The largest absolute Gasteiger partial charge is 0.481 e. The SMILES string of the molecule is COC(=O)c1ccc(OC2CCNC2=O)cc1. The molecule has 90 valence electrons. The van der Waals surface area contributed by atoms with Crippen LogP contribution in [0.4, 0.5) is 0 Å². The van der Waals surface area contributed by atoms with Crippen molar-refractivity contribution in [2.24, 2.45) is 0 Å². The first-order valence-corrected chi connectivity index (χ1v) is 5.33. The number of hydrogen-bond donors (Lipinski definition) is 1. The summed E-state index contributed by atoms with van der Waals surface area (Å²) >= 11 is 0. The van der Waals surface area contributed by atoms with Gasteiger partial charge < -0.3 is 14.8 Å². The summed E-state index contributed by atoms with van der Waals surface area (Å²) in [6.07, 6.45) is 0.233. The molecule has 1 fully saturated rings. The molecule has 1 heterocycles. The van der Waals surface area contributed by atoms with Crippen LogP contribution in [0.15, 0.2) is 24.3 Å². The summed E-state index contributed by atoms with van der Waals surface area (Å²) < 4.78 is 10.1. The second kappa shape index (κ2) is 4.86. The van der Waals surface area contributed by atoms with Crippen LogP contribution in [0.25, 0.3) is 0 Å². The van der Waals surface area contributed by atoms with Crippen LogP contribution in [0.5, 0.6) is 5.75 Å². The van der Waals surface area contributed by atoms with Gasteiger partial charge in [0.15, 0.2) is 6.10 Å². The Morgan fingerprint density at radius 2 is 2.06 bits per heavy atom. The van der Waals surface area contributed by atoms with Crippen molar-refractivity contribution in [3.63, 3.8) is 0 Å². The van der Waals surface area contributed by atoms with E-state index in [1.807, 2.05) is 0 Å². The van der Waals surface area contributed by atoms with Crippen molar-refractivity contribution in [1.82, 2.24) is 5.32 Å². The van der Waals surface area contributed by atoms with Gasteiger partial charge in [0.1, 0.15) is 5.75 Å². The normalized spacial score (nSPS) is 18.6. The third-order valence-electron chi connectivity index (χ3n) is 2.55. The second-order valence-corrected chi connectivity index (χ2v) is 3.70. The fraction of sp³-hybridized carbons (Fsp3) is 0.333. The van der Waals surface area contributed by atoms with Gasteiger partial charge in [-0.3, -0.25) is 4.79 Å². The predicted octanol–water partition coefficient (Wildman–Crippen LogP) is 0.740. The van der Waals surface area contributed by atoms with E-state index in [4.69, 9.17) is 4.74 Å². The third kappa shape index (κ3) is 2.55. The number of methoxy groups -OCH3 is 1. The molecule has 5 heteroatoms. The summed E-state index contributed by atoms with van der Waals surface area (Å²) in [5.41, 5.74) is 0.454. The molecule has 5 nitrogen and oxygen atoms in total. The first kappa shape index (κ1) is 11.4. The minimum atomic E-state index is -0.432. The van der Waals surface area contributed by atoms with Crippen LogP contribution in [0.1, 0.15) is 16.8 Å². The molecule has 1 aliphatic heterocycles. The van der Waals surface area contributed by atoms with E-state index in [1.54, 1.807) is 24.3 Å². The molecule has 1 aliphatic rings. The van der Waals surface area contributed by atoms with Crippen LogP contribution in [0.3, 0.4) is 0 Å². The minimum Gasteiger partial charge on any atom is -0.481 e.